The monoisotopic (exact) mass is 483 g/mol. The van der Waals surface area contributed by atoms with E-state index in [2.05, 4.69) is 4.98 Å². The molecule has 2 aromatic carbocycles. The van der Waals surface area contributed by atoms with E-state index in [4.69, 9.17) is 21.3 Å². The molecular weight excluding hydrogens is 462 g/mol. The molecule has 0 saturated carbocycles. The summed E-state index contributed by atoms with van der Waals surface area (Å²) in [5.74, 6) is 1.60. The molecule has 0 spiro atoms. The summed E-state index contributed by atoms with van der Waals surface area (Å²) in [4.78, 5) is 25.1. The second-order valence-corrected chi connectivity index (χ2v) is 9.66. The fourth-order valence-corrected chi connectivity index (χ4v) is 5.19. The highest BCUT2D eigenvalue weighted by Gasteiger charge is 2.21. The minimum Gasteiger partial charge on any atom is -0.494 e. The van der Waals surface area contributed by atoms with E-state index in [9.17, 15) is 4.79 Å². The van der Waals surface area contributed by atoms with Crippen LogP contribution in [0.15, 0.2) is 71.9 Å². The number of amides is 1. The van der Waals surface area contributed by atoms with Crippen LogP contribution in [0.3, 0.4) is 0 Å². The molecule has 2 heterocycles. The predicted molar refractivity (Wildman–Crippen MR) is 133 cm³/mol. The van der Waals surface area contributed by atoms with E-state index in [0.29, 0.717) is 23.8 Å². The van der Waals surface area contributed by atoms with Crippen LogP contribution in [0.5, 0.6) is 5.75 Å². The van der Waals surface area contributed by atoms with Crippen molar-refractivity contribution in [3.8, 4) is 5.75 Å². The Morgan fingerprint density at radius 3 is 2.75 bits per heavy atom. The Bertz CT molecular complexity index is 1180. The number of ether oxygens (including phenoxy) is 1. The standard InChI is InChI=1S/C24H22ClN3O2S2/c1-30-20-6-2-7-21-23(20)27-24(32-21)28(16-17-5-3-13-26-15-17)22(29)8-4-14-31-19-11-9-18(25)10-12-19/h2-3,5-7,9-13,15H,4,8,14,16H2,1H3. The van der Waals surface area contributed by atoms with Crippen molar-refractivity contribution in [1.29, 1.82) is 0 Å². The van der Waals surface area contributed by atoms with Gasteiger partial charge >= 0.3 is 0 Å². The van der Waals surface area contributed by atoms with Gasteiger partial charge in [0.2, 0.25) is 5.91 Å². The second-order valence-electron chi connectivity index (χ2n) is 7.05. The number of pyridine rings is 1. The Morgan fingerprint density at radius 1 is 1.16 bits per heavy atom. The van der Waals surface area contributed by atoms with E-state index >= 15 is 0 Å². The molecule has 0 N–H and O–H groups in total. The van der Waals surface area contributed by atoms with Crippen LogP contribution < -0.4 is 9.64 Å². The highest BCUT2D eigenvalue weighted by molar-refractivity contribution is 7.99. The second kappa shape index (κ2) is 10.8. The van der Waals surface area contributed by atoms with Gasteiger partial charge in [-0.1, -0.05) is 35.1 Å². The summed E-state index contributed by atoms with van der Waals surface area (Å²) < 4.78 is 6.44. The molecule has 0 aliphatic carbocycles. The largest absolute Gasteiger partial charge is 0.494 e. The lowest BCUT2D eigenvalue weighted by molar-refractivity contribution is -0.118. The van der Waals surface area contributed by atoms with Crippen LogP contribution in [0.4, 0.5) is 5.13 Å². The Balaban J connectivity index is 1.48. The third-order valence-corrected chi connectivity index (χ3v) is 7.20. The van der Waals surface area contributed by atoms with Gasteiger partial charge in [0, 0.05) is 28.7 Å². The molecule has 0 saturated heterocycles. The predicted octanol–water partition coefficient (Wildman–Crippen LogP) is 6.46. The van der Waals surface area contributed by atoms with Crippen molar-refractivity contribution in [1.82, 2.24) is 9.97 Å². The van der Waals surface area contributed by atoms with Crippen molar-refractivity contribution in [2.75, 3.05) is 17.8 Å². The molecule has 0 radical (unpaired) electrons. The van der Waals surface area contributed by atoms with Crippen LogP contribution in [0.2, 0.25) is 5.02 Å². The average molecular weight is 484 g/mol. The summed E-state index contributed by atoms with van der Waals surface area (Å²) in [6, 6.07) is 17.4. The number of hydrogen-bond donors (Lipinski definition) is 0. The maximum absolute atomic E-state index is 13.2. The van der Waals surface area contributed by atoms with Crippen molar-refractivity contribution in [2.45, 2.75) is 24.3 Å². The van der Waals surface area contributed by atoms with Gasteiger partial charge in [0.05, 0.1) is 18.4 Å². The summed E-state index contributed by atoms with van der Waals surface area (Å²) in [5.41, 5.74) is 1.74. The third-order valence-electron chi connectivity index (χ3n) is 4.80. The van der Waals surface area contributed by atoms with Crippen LogP contribution in [0.1, 0.15) is 18.4 Å². The minimum absolute atomic E-state index is 0.0450. The van der Waals surface area contributed by atoms with Gasteiger partial charge in [-0.2, -0.15) is 0 Å². The van der Waals surface area contributed by atoms with E-state index in [1.54, 1.807) is 36.2 Å². The summed E-state index contributed by atoms with van der Waals surface area (Å²) in [5, 5.41) is 1.40. The Morgan fingerprint density at radius 2 is 2.00 bits per heavy atom. The van der Waals surface area contributed by atoms with Crippen LogP contribution in [0, 0.1) is 0 Å². The lowest BCUT2D eigenvalue weighted by Gasteiger charge is -2.20. The fraction of sp³-hybridized carbons (Fsp3) is 0.208. The summed E-state index contributed by atoms with van der Waals surface area (Å²) >= 11 is 9.16. The maximum Gasteiger partial charge on any atom is 0.229 e. The number of methoxy groups -OCH3 is 1. The molecule has 0 aliphatic rings. The van der Waals surface area contributed by atoms with Gasteiger partial charge in [0.25, 0.3) is 0 Å². The van der Waals surface area contributed by atoms with Crippen molar-refractivity contribution in [3.63, 3.8) is 0 Å². The molecule has 0 unspecified atom stereocenters. The first-order valence-electron chi connectivity index (χ1n) is 10.2. The minimum atomic E-state index is 0.0450. The zero-order valence-electron chi connectivity index (χ0n) is 17.5. The van der Waals surface area contributed by atoms with E-state index in [-0.39, 0.29) is 5.91 Å². The fourth-order valence-electron chi connectivity index (χ4n) is 3.21. The molecule has 4 aromatic rings. The Kier molecular flexibility index (Phi) is 7.63. The van der Waals surface area contributed by atoms with Crippen molar-refractivity contribution in [2.24, 2.45) is 0 Å². The van der Waals surface area contributed by atoms with E-state index < -0.39 is 0 Å². The number of para-hydroxylation sites is 1. The number of rotatable bonds is 9. The first-order valence-corrected chi connectivity index (χ1v) is 12.3. The number of anilines is 1. The number of thiazole rings is 1. The van der Waals surface area contributed by atoms with E-state index in [0.717, 1.165) is 37.9 Å². The van der Waals surface area contributed by atoms with Crippen LogP contribution >= 0.6 is 34.7 Å². The number of carbonyl (C=O) groups is 1. The first kappa shape index (κ1) is 22.6. The molecule has 0 atom stereocenters. The number of hydrogen-bond acceptors (Lipinski definition) is 6. The number of carbonyl (C=O) groups excluding carboxylic acids is 1. The zero-order valence-corrected chi connectivity index (χ0v) is 19.9. The van der Waals surface area contributed by atoms with E-state index in [1.807, 2.05) is 54.6 Å². The van der Waals surface area contributed by atoms with Crippen LogP contribution in [0.25, 0.3) is 10.2 Å². The highest BCUT2D eigenvalue weighted by atomic mass is 35.5. The van der Waals surface area contributed by atoms with Gasteiger partial charge < -0.3 is 4.74 Å². The molecule has 8 heteroatoms. The normalized spacial score (nSPS) is 10.9. The van der Waals surface area contributed by atoms with Gasteiger partial charge in [-0.3, -0.25) is 14.7 Å². The molecule has 0 aliphatic heterocycles. The molecule has 32 heavy (non-hydrogen) atoms. The number of benzene rings is 2. The molecule has 2 aromatic heterocycles. The summed E-state index contributed by atoms with van der Waals surface area (Å²) in [7, 11) is 1.63. The average Bonchev–Trinajstić information content (AvgIpc) is 3.26. The number of halogens is 1. The molecule has 4 rings (SSSR count). The summed E-state index contributed by atoms with van der Waals surface area (Å²) in [6.45, 7) is 0.430. The van der Waals surface area contributed by atoms with Crippen molar-refractivity contribution >= 4 is 56.0 Å². The zero-order chi connectivity index (χ0) is 22.3. The quantitative estimate of drug-likeness (QED) is 0.202. The molecular formula is C24H22ClN3O2S2. The molecule has 0 bridgehead atoms. The van der Waals surface area contributed by atoms with Gasteiger partial charge in [-0.15, -0.1) is 11.8 Å². The number of aromatic nitrogens is 2. The van der Waals surface area contributed by atoms with Crippen LogP contribution in [-0.4, -0.2) is 28.7 Å². The van der Waals surface area contributed by atoms with Crippen molar-refractivity contribution in [3.05, 3.63) is 77.6 Å². The molecule has 5 nitrogen and oxygen atoms in total. The molecule has 0 fully saturated rings. The van der Waals surface area contributed by atoms with Crippen LogP contribution in [-0.2, 0) is 11.3 Å². The van der Waals surface area contributed by atoms with E-state index in [1.165, 1.54) is 11.3 Å². The lowest BCUT2D eigenvalue weighted by atomic mass is 10.2. The lowest BCUT2D eigenvalue weighted by Crippen LogP contribution is -2.30. The van der Waals surface area contributed by atoms with Gasteiger partial charge in [0.1, 0.15) is 11.3 Å². The maximum atomic E-state index is 13.2. The number of fused-ring (bicyclic) bond motifs is 1. The number of thioether (sulfide) groups is 1. The summed E-state index contributed by atoms with van der Waals surface area (Å²) in [6.07, 6.45) is 4.72. The Labute approximate surface area is 200 Å². The SMILES string of the molecule is COc1cccc2sc(N(Cc3cccnc3)C(=O)CCCSc3ccc(Cl)cc3)nc12. The Hall–Kier alpha value is -2.61. The third kappa shape index (κ3) is 5.59. The number of nitrogens with zero attached hydrogens (tertiary/aromatic N) is 3. The molecule has 164 valence electrons. The van der Waals surface area contributed by atoms with Gasteiger partial charge in [0.15, 0.2) is 5.13 Å². The highest BCUT2D eigenvalue weighted by Crippen LogP contribution is 2.35. The van der Waals surface area contributed by atoms with Gasteiger partial charge in [-0.25, -0.2) is 4.98 Å². The van der Waals surface area contributed by atoms with Crippen molar-refractivity contribution < 1.29 is 9.53 Å². The topological polar surface area (TPSA) is 55.3 Å². The molecule has 1 amide bonds. The smallest absolute Gasteiger partial charge is 0.229 e. The first-order chi connectivity index (χ1) is 15.6. The van der Waals surface area contributed by atoms with Gasteiger partial charge in [-0.05, 0) is 60.2 Å².